The monoisotopic (exact) mass is 318 g/mol. The molecule has 0 unspecified atom stereocenters. The minimum absolute atomic E-state index is 0.150. The van der Waals surface area contributed by atoms with Gasteiger partial charge in [-0.2, -0.15) is 0 Å². The van der Waals surface area contributed by atoms with Gasteiger partial charge in [-0.25, -0.2) is 9.37 Å². The summed E-state index contributed by atoms with van der Waals surface area (Å²) >= 11 is 0. The van der Waals surface area contributed by atoms with Crippen molar-refractivity contribution in [3.8, 4) is 5.75 Å². The molecule has 2 aromatic rings. The zero-order chi connectivity index (χ0) is 17.0. The van der Waals surface area contributed by atoms with Crippen LogP contribution in [0.25, 0.3) is 0 Å². The van der Waals surface area contributed by atoms with Crippen molar-refractivity contribution in [1.29, 1.82) is 0 Å². The molecule has 0 fully saturated rings. The molecule has 23 heavy (non-hydrogen) atoms. The van der Waals surface area contributed by atoms with Crippen LogP contribution >= 0.6 is 0 Å². The molecule has 0 aliphatic rings. The van der Waals surface area contributed by atoms with Crippen LogP contribution in [0.5, 0.6) is 5.75 Å². The van der Waals surface area contributed by atoms with Crippen LogP contribution in [0.1, 0.15) is 31.3 Å². The fourth-order valence-electron chi connectivity index (χ4n) is 1.87. The number of amides is 1. The molecule has 6 nitrogen and oxygen atoms in total. The summed E-state index contributed by atoms with van der Waals surface area (Å²) in [5, 5.41) is 5.73. The molecule has 2 N–H and O–H groups in total. The molecule has 1 amide bonds. The second kappa shape index (κ2) is 6.60. The van der Waals surface area contributed by atoms with E-state index in [1.54, 1.807) is 12.1 Å². The molecule has 0 bridgehead atoms. The lowest BCUT2D eigenvalue weighted by Crippen LogP contribution is -2.41. The number of carbonyl (C=O) groups is 1. The largest absolute Gasteiger partial charge is 0.494 e. The third kappa shape index (κ3) is 4.64. The molecular weight excluding hydrogens is 299 g/mol. The molecule has 2 heterocycles. The maximum Gasteiger partial charge on any atom is 0.274 e. The highest BCUT2D eigenvalue weighted by Crippen LogP contribution is 2.22. The molecule has 122 valence electrons. The van der Waals surface area contributed by atoms with Crippen molar-refractivity contribution in [2.24, 2.45) is 0 Å². The van der Waals surface area contributed by atoms with E-state index in [0.717, 1.165) is 6.20 Å². The highest BCUT2D eigenvalue weighted by Gasteiger charge is 2.20. The van der Waals surface area contributed by atoms with Crippen LogP contribution in [0.4, 0.5) is 15.9 Å². The minimum atomic E-state index is -0.464. The average Bonchev–Trinajstić information content (AvgIpc) is 2.45. The Balaban J connectivity index is 2.29. The van der Waals surface area contributed by atoms with Gasteiger partial charge in [-0.3, -0.25) is 9.78 Å². The molecule has 0 atom stereocenters. The number of carbonyl (C=O) groups excluding carboxylic acids is 1. The molecule has 0 spiro atoms. The van der Waals surface area contributed by atoms with E-state index in [9.17, 15) is 9.18 Å². The minimum Gasteiger partial charge on any atom is -0.494 e. The van der Waals surface area contributed by atoms with Crippen molar-refractivity contribution in [3.05, 3.63) is 42.1 Å². The van der Waals surface area contributed by atoms with Crippen molar-refractivity contribution in [1.82, 2.24) is 15.3 Å². The Kier molecular flexibility index (Phi) is 4.78. The fraction of sp³-hybridized carbons (Fsp3) is 0.312. The van der Waals surface area contributed by atoms with E-state index in [1.807, 2.05) is 20.8 Å². The highest BCUT2D eigenvalue weighted by atomic mass is 19.1. The maximum absolute atomic E-state index is 13.2. The third-order valence-corrected chi connectivity index (χ3v) is 2.76. The van der Waals surface area contributed by atoms with E-state index in [2.05, 4.69) is 20.6 Å². The van der Waals surface area contributed by atoms with Crippen molar-refractivity contribution in [2.75, 3.05) is 12.4 Å². The van der Waals surface area contributed by atoms with Gasteiger partial charge < -0.3 is 15.4 Å². The normalized spacial score (nSPS) is 11.0. The summed E-state index contributed by atoms with van der Waals surface area (Å²) in [6.45, 7) is 5.62. The first-order valence-corrected chi connectivity index (χ1v) is 7.03. The standard InChI is InChI=1S/C16H19FN4O2/c1-16(2,3)21-15(22)14-12(23-4)5-6-13(20-14)19-11-7-10(17)8-18-9-11/h5-9H,1-4H3,(H,19,20)(H,21,22). The predicted molar refractivity (Wildman–Crippen MR) is 85.5 cm³/mol. The Hall–Kier alpha value is -2.70. The summed E-state index contributed by atoms with van der Waals surface area (Å²) < 4.78 is 18.4. The van der Waals surface area contributed by atoms with Gasteiger partial charge in [-0.1, -0.05) is 0 Å². The fourth-order valence-corrected chi connectivity index (χ4v) is 1.87. The Labute approximate surface area is 134 Å². The van der Waals surface area contributed by atoms with Crippen molar-refractivity contribution >= 4 is 17.4 Å². The van der Waals surface area contributed by atoms with Crippen LogP contribution in [0, 0.1) is 5.82 Å². The van der Waals surface area contributed by atoms with E-state index >= 15 is 0 Å². The third-order valence-electron chi connectivity index (χ3n) is 2.76. The second-order valence-electron chi connectivity index (χ2n) is 5.97. The summed E-state index contributed by atoms with van der Waals surface area (Å²) in [4.78, 5) is 20.4. The maximum atomic E-state index is 13.2. The van der Waals surface area contributed by atoms with Crippen LogP contribution in [-0.2, 0) is 0 Å². The molecular formula is C16H19FN4O2. The number of nitrogens with zero attached hydrogens (tertiary/aromatic N) is 2. The van der Waals surface area contributed by atoms with Crippen LogP contribution in [0.3, 0.4) is 0 Å². The number of anilines is 2. The quantitative estimate of drug-likeness (QED) is 0.906. The van der Waals surface area contributed by atoms with Gasteiger partial charge in [0.25, 0.3) is 5.91 Å². The Morgan fingerprint density at radius 1 is 1.26 bits per heavy atom. The van der Waals surface area contributed by atoms with E-state index in [0.29, 0.717) is 17.3 Å². The van der Waals surface area contributed by atoms with Gasteiger partial charge in [0, 0.05) is 11.6 Å². The number of hydrogen-bond donors (Lipinski definition) is 2. The van der Waals surface area contributed by atoms with Gasteiger partial charge in [0.05, 0.1) is 25.2 Å². The van der Waals surface area contributed by atoms with E-state index in [4.69, 9.17) is 4.74 Å². The Bertz CT molecular complexity index is 713. The first kappa shape index (κ1) is 16.7. The van der Waals surface area contributed by atoms with Gasteiger partial charge in [0.1, 0.15) is 17.4 Å². The predicted octanol–water partition coefficient (Wildman–Crippen LogP) is 2.90. The van der Waals surface area contributed by atoms with Gasteiger partial charge in [0.2, 0.25) is 0 Å². The lowest BCUT2D eigenvalue weighted by Gasteiger charge is -2.21. The van der Waals surface area contributed by atoms with Gasteiger partial charge >= 0.3 is 0 Å². The first-order valence-electron chi connectivity index (χ1n) is 7.03. The summed E-state index contributed by atoms with van der Waals surface area (Å²) in [6, 6.07) is 4.55. The molecule has 0 radical (unpaired) electrons. The molecule has 7 heteroatoms. The number of halogens is 1. The zero-order valence-electron chi connectivity index (χ0n) is 13.5. The van der Waals surface area contributed by atoms with Gasteiger partial charge in [-0.05, 0) is 32.9 Å². The van der Waals surface area contributed by atoms with Crippen LogP contribution < -0.4 is 15.4 Å². The summed E-state index contributed by atoms with van der Waals surface area (Å²) in [5.74, 6) is -0.0727. The summed E-state index contributed by atoms with van der Waals surface area (Å²) in [6.07, 6.45) is 2.57. The molecule has 0 aliphatic carbocycles. The zero-order valence-corrected chi connectivity index (χ0v) is 13.5. The number of aromatic nitrogens is 2. The van der Waals surface area contributed by atoms with Crippen molar-refractivity contribution < 1.29 is 13.9 Å². The molecule has 0 aliphatic heterocycles. The van der Waals surface area contributed by atoms with E-state index < -0.39 is 11.4 Å². The van der Waals surface area contributed by atoms with E-state index in [1.165, 1.54) is 19.4 Å². The second-order valence-corrected chi connectivity index (χ2v) is 5.97. The molecule has 0 saturated heterocycles. The average molecular weight is 318 g/mol. The summed E-state index contributed by atoms with van der Waals surface area (Å²) in [5.41, 5.74) is 0.182. The number of methoxy groups -OCH3 is 1. The molecule has 0 saturated carbocycles. The Morgan fingerprint density at radius 3 is 2.61 bits per heavy atom. The van der Waals surface area contributed by atoms with Crippen molar-refractivity contribution in [3.63, 3.8) is 0 Å². The number of nitrogens with one attached hydrogen (secondary N) is 2. The molecule has 2 rings (SSSR count). The van der Waals surface area contributed by atoms with E-state index in [-0.39, 0.29) is 11.6 Å². The van der Waals surface area contributed by atoms with Gasteiger partial charge in [-0.15, -0.1) is 0 Å². The smallest absolute Gasteiger partial charge is 0.274 e. The lowest BCUT2D eigenvalue weighted by atomic mass is 10.1. The molecule has 2 aromatic heterocycles. The number of pyridine rings is 2. The van der Waals surface area contributed by atoms with Crippen LogP contribution in [0.2, 0.25) is 0 Å². The SMILES string of the molecule is COc1ccc(Nc2cncc(F)c2)nc1C(=O)NC(C)(C)C. The van der Waals surface area contributed by atoms with Crippen LogP contribution in [0.15, 0.2) is 30.6 Å². The first-order chi connectivity index (χ1) is 10.8. The number of hydrogen-bond acceptors (Lipinski definition) is 5. The van der Waals surface area contributed by atoms with Gasteiger partial charge in [0.15, 0.2) is 5.69 Å². The molecule has 0 aromatic carbocycles. The van der Waals surface area contributed by atoms with Crippen molar-refractivity contribution in [2.45, 2.75) is 26.3 Å². The summed E-state index contributed by atoms with van der Waals surface area (Å²) in [7, 11) is 1.47. The highest BCUT2D eigenvalue weighted by molar-refractivity contribution is 5.95. The van der Waals surface area contributed by atoms with Crippen LogP contribution in [-0.4, -0.2) is 28.5 Å². The number of ether oxygens (including phenoxy) is 1. The lowest BCUT2D eigenvalue weighted by molar-refractivity contribution is 0.0911. The Morgan fingerprint density at radius 2 is 2.00 bits per heavy atom. The topological polar surface area (TPSA) is 76.1 Å². The number of rotatable bonds is 4.